The summed E-state index contributed by atoms with van der Waals surface area (Å²) >= 11 is 0. The molecule has 0 radical (unpaired) electrons. The number of aromatic nitrogens is 1. The van der Waals surface area contributed by atoms with Crippen molar-refractivity contribution in [2.24, 2.45) is 0 Å². The summed E-state index contributed by atoms with van der Waals surface area (Å²) < 4.78 is 2.54. The Hall–Kier alpha value is -9.50. The maximum Gasteiger partial charge on any atom is 0.0755 e. The molecule has 5 aliphatic rings. The first-order valence-electron chi connectivity index (χ1n) is 27.3. The summed E-state index contributed by atoms with van der Waals surface area (Å²) in [4.78, 5) is 2.62. The lowest BCUT2D eigenvalue weighted by molar-refractivity contribution is 0.660. The van der Waals surface area contributed by atoms with Crippen LogP contribution in [0.5, 0.6) is 0 Å². The number of nitrogens with zero attached hydrogens (tertiary/aromatic N) is 2. The smallest absolute Gasteiger partial charge is 0.0755 e. The van der Waals surface area contributed by atoms with Gasteiger partial charge in [-0.05, 0) is 148 Å². The van der Waals surface area contributed by atoms with Crippen LogP contribution < -0.4 is 4.90 Å². The Balaban J connectivity index is 0.949. The molecule has 2 unspecified atom stereocenters. The minimum Gasteiger partial charge on any atom is -0.310 e. The first kappa shape index (κ1) is 41.8. The molecule has 18 rings (SSSR count). The second-order valence-corrected chi connectivity index (χ2v) is 22.6. The minimum absolute atomic E-state index is 0.199. The van der Waals surface area contributed by atoms with Crippen LogP contribution in [0, 0.1) is 0 Å². The third kappa shape index (κ3) is 4.86. The summed E-state index contributed by atoms with van der Waals surface area (Å²) in [6.45, 7) is 4.81. The summed E-state index contributed by atoms with van der Waals surface area (Å²) in [6.07, 6.45) is 0. The summed E-state index contributed by atoms with van der Waals surface area (Å²) in [6, 6.07) is 97.7. The number of fused-ring (bicyclic) bond motifs is 27. The third-order valence-corrected chi connectivity index (χ3v) is 19.0. The monoisotopic (exact) mass is 976 g/mol. The lowest BCUT2D eigenvalue weighted by Gasteiger charge is -2.39. The second kappa shape index (κ2) is 14.5. The molecule has 358 valence electrons. The van der Waals surface area contributed by atoms with Gasteiger partial charge in [-0.2, -0.15) is 0 Å². The average Bonchev–Trinajstić information content (AvgIpc) is 4.44. The average molecular weight is 977 g/mol. The summed E-state index contributed by atoms with van der Waals surface area (Å²) in [7, 11) is 0. The number of para-hydroxylation sites is 3. The number of hydrogen-bond acceptors (Lipinski definition) is 1. The van der Waals surface area contributed by atoms with Gasteiger partial charge in [-0.1, -0.05) is 226 Å². The van der Waals surface area contributed by atoms with Crippen LogP contribution in [-0.4, -0.2) is 4.57 Å². The maximum absolute atomic E-state index is 2.62. The SMILES string of the molecule is CC1(C)c2ccccc2-c2ccc(N(c3ccc4c(c3)C3(c5ccccc5-4)c4ccccc4-c4c3ccc3ccccc43)c3cccc4c3-c3ccccc3C43c4ccccc4-n4c5ccccc5c5cccc3c54)cc21. The van der Waals surface area contributed by atoms with Crippen LogP contribution in [0.15, 0.2) is 255 Å². The molecule has 4 aliphatic carbocycles. The van der Waals surface area contributed by atoms with E-state index in [1.165, 1.54) is 144 Å². The standard InChI is InChI=1S/C75H48N2/c1-73(2)57-27-10-5-21-49(57)51-40-38-46(43-65(51)73)76(47-39-41-52-50-22-6-11-28-58(50)74(66(52)44-47)59-29-12-7-24-55(59)70-48-20-4-3-19-45(48)37-42-63(70)74)69-36-18-32-62-71(69)56-25-8-13-30-60(56)75(62)61-31-14-16-35-68(61)77-67-34-15-9-23-53(67)54-26-17-33-64(75)72(54)77/h3-44H,1-2H3. The second-order valence-electron chi connectivity index (χ2n) is 22.6. The first-order chi connectivity index (χ1) is 38.0. The Labute approximate surface area is 447 Å². The lowest BCUT2D eigenvalue weighted by Crippen LogP contribution is -2.33. The molecule has 77 heavy (non-hydrogen) atoms. The van der Waals surface area contributed by atoms with Crippen molar-refractivity contribution < 1.29 is 0 Å². The highest BCUT2D eigenvalue weighted by atomic mass is 15.1. The Morgan fingerprint density at radius 3 is 1.57 bits per heavy atom. The van der Waals surface area contributed by atoms with Gasteiger partial charge in [0.25, 0.3) is 0 Å². The van der Waals surface area contributed by atoms with Gasteiger partial charge in [0, 0.05) is 33.1 Å². The Morgan fingerprint density at radius 2 is 0.805 bits per heavy atom. The molecule has 0 amide bonds. The van der Waals surface area contributed by atoms with Crippen LogP contribution in [0.2, 0.25) is 0 Å². The molecule has 2 heterocycles. The largest absolute Gasteiger partial charge is 0.310 e. The Bertz CT molecular complexity index is 4810. The zero-order chi connectivity index (χ0) is 50.5. The molecule has 0 N–H and O–H groups in total. The van der Waals surface area contributed by atoms with E-state index in [9.17, 15) is 0 Å². The molecular formula is C75H48N2. The van der Waals surface area contributed by atoms with E-state index in [4.69, 9.17) is 0 Å². The number of hydrogen-bond donors (Lipinski definition) is 0. The quantitative estimate of drug-likeness (QED) is 0.171. The van der Waals surface area contributed by atoms with E-state index in [1.807, 2.05) is 0 Å². The Kier molecular flexibility index (Phi) is 7.85. The predicted octanol–water partition coefficient (Wildman–Crippen LogP) is 18.7. The van der Waals surface area contributed by atoms with Gasteiger partial charge in [0.15, 0.2) is 0 Å². The summed E-state index contributed by atoms with van der Waals surface area (Å²) in [5.74, 6) is 0. The van der Waals surface area contributed by atoms with Crippen LogP contribution in [0.1, 0.15) is 69.5 Å². The van der Waals surface area contributed by atoms with Crippen molar-refractivity contribution in [1.29, 1.82) is 0 Å². The van der Waals surface area contributed by atoms with Gasteiger partial charge in [0.1, 0.15) is 0 Å². The van der Waals surface area contributed by atoms with Gasteiger partial charge in [0.05, 0.1) is 33.2 Å². The lowest BCUT2D eigenvalue weighted by atomic mass is 9.65. The van der Waals surface area contributed by atoms with E-state index >= 15 is 0 Å². The molecular weight excluding hydrogens is 929 g/mol. The molecule has 2 spiro atoms. The molecule has 1 aromatic heterocycles. The molecule has 2 nitrogen and oxygen atoms in total. The number of anilines is 3. The highest BCUT2D eigenvalue weighted by molar-refractivity contribution is 6.14. The van der Waals surface area contributed by atoms with Crippen molar-refractivity contribution in [3.8, 4) is 50.2 Å². The zero-order valence-corrected chi connectivity index (χ0v) is 42.6. The molecule has 0 saturated heterocycles. The van der Waals surface area contributed by atoms with Gasteiger partial charge in [0.2, 0.25) is 0 Å². The number of benzene rings is 12. The van der Waals surface area contributed by atoms with E-state index in [0.717, 1.165) is 11.4 Å². The highest BCUT2D eigenvalue weighted by Crippen LogP contribution is 2.67. The predicted molar refractivity (Wildman–Crippen MR) is 318 cm³/mol. The van der Waals surface area contributed by atoms with Gasteiger partial charge >= 0.3 is 0 Å². The van der Waals surface area contributed by atoms with Crippen molar-refractivity contribution in [2.45, 2.75) is 30.1 Å². The van der Waals surface area contributed by atoms with E-state index < -0.39 is 10.8 Å². The molecule has 0 saturated carbocycles. The van der Waals surface area contributed by atoms with Crippen LogP contribution in [0.3, 0.4) is 0 Å². The van der Waals surface area contributed by atoms with Crippen LogP contribution in [0.4, 0.5) is 17.1 Å². The highest BCUT2D eigenvalue weighted by Gasteiger charge is 2.54. The van der Waals surface area contributed by atoms with Gasteiger partial charge in [-0.3, -0.25) is 0 Å². The fourth-order valence-electron chi connectivity index (χ4n) is 16.1. The number of rotatable bonds is 3. The van der Waals surface area contributed by atoms with Crippen molar-refractivity contribution >= 4 is 49.6 Å². The first-order valence-corrected chi connectivity index (χ1v) is 27.3. The van der Waals surface area contributed by atoms with Crippen molar-refractivity contribution in [1.82, 2.24) is 4.57 Å². The van der Waals surface area contributed by atoms with Gasteiger partial charge in [-0.25, -0.2) is 0 Å². The van der Waals surface area contributed by atoms with E-state index in [0.29, 0.717) is 0 Å². The third-order valence-electron chi connectivity index (χ3n) is 19.0. The van der Waals surface area contributed by atoms with Crippen LogP contribution in [0.25, 0.3) is 82.8 Å². The fourth-order valence-corrected chi connectivity index (χ4v) is 16.1. The van der Waals surface area contributed by atoms with Crippen molar-refractivity contribution in [2.75, 3.05) is 4.90 Å². The summed E-state index contributed by atoms with van der Waals surface area (Å²) in [5, 5.41) is 5.13. The van der Waals surface area contributed by atoms with E-state index in [1.54, 1.807) is 0 Å². The van der Waals surface area contributed by atoms with Crippen LogP contribution >= 0.6 is 0 Å². The molecule has 0 fully saturated rings. The normalized spacial score (nSPS) is 17.7. The zero-order valence-electron chi connectivity index (χ0n) is 42.6. The van der Waals surface area contributed by atoms with Gasteiger partial charge < -0.3 is 9.47 Å². The fraction of sp³-hybridized carbons (Fsp3) is 0.0667. The molecule has 2 atom stereocenters. The van der Waals surface area contributed by atoms with E-state index in [2.05, 4.69) is 278 Å². The topological polar surface area (TPSA) is 8.17 Å². The van der Waals surface area contributed by atoms with Crippen molar-refractivity contribution in [3.05, 3.63) is 310 Å². The van der Waals surface area contributed by atoms with E-state index in [-0.39, 0.29) is 5.41 Å². The Morgan fingerprint density at radius 1 is 0.312 bits per heavy atom. The minimum atomic E-state index is -0.598. The molecule has 1 aliphatic heterocycles. The maximum atomic E-state index is 2.62. The summed E-state index contributed by atoms with van der Waals surface area (Å²) in [5.41, 5.74) is 29.6. The van der Waals surface area contributed by atoms with Crippen LogP contribution in [-0.2, 0) is 16.2 Å². The molecule has 13 aromatic rings. The molecule has 2 heteroatoms. The van der Waals surface area contributed by atoms with Crippen molar-refractivity contribution in [3.63, 3.8) is 0 Å². The van der Waals surface area contributed by atoms with Gasteiger partial charge in [-0.15, -0.1) is 0 Å². The molecule has 12 aromatic carbocycles. The molecule has 0 bridgehead atoms.